The molecule has 0 aliphatic carbocycles. The number of fused-ring (bicyclic) bond motifs is 1. The average Bonchev–Trinajstić information content (AvgIpc) is 2.97. The fraction of sp³-hybridized carbons (Fsp3) is 0.300. The number of carbonyl (C=O) groups is 1. The van der Waals surface area contributed by atoms with Crippen LogP contribution in [0.4, 0.5) is 10.3 Å². The second-order valence-electron chi connectivity index (χ2n) is 6.49. The second kappa shape index (κ2) is 7.15. The molecule has 0 bridgehead atoms. The molecule has 0 N–H and O–H groups in total. The van der Waals surface area contributed by atoms with E-state index in [1.54, 1.807) is 29.6 Å². The predicted octanol–water partition coefficient (Wildman–Crippen LogP) is 3.44. The lowest BCUT2D eigenvalue weighted by Gasteiger charge is -2.22. The molecule has 1 aromatic heterocycles. The van der Waals surface area contributed by atoms with E-state index in [0.29, 0.717) is 23.1 Å². The molecule has 0 aliphatic heterocycles. The minimum absolute atomic E-state index is 0.0188. The second-order valence-corrected chi connectivity index (χ2v) is 6.49. The number of aryl methyl sites for hydroxylation is 1. The van der Waals surface area contributed by atoms with Crippen molar-refractivity contribution in [3.63, 3.8) is 0 Å². The van der Waals surface area contributed by atoms with Crippen LogP contribution in [0.3, 0.4) is 0 Å². The Kier molecular flexibility index (Phi) is 4.93. The largest absolute Gasteiger partial charge is 0.345 e. The molecule has 3 rings (SSSR count). The van der Waals surface area contributed by atoms with Gasteiger partial charge in [0.2, 0.25) is 5.95 Å². The van der Waals surface area contributed by atoms with Gasteiger partial charge >= 0.3 is 0 Å². The third-order valence-electron chi connectivity index (χ3n) is 4.47. The van der Waals surface area contributed by atoms with Gasteiger partial charge in [0.1, 0.15) is 11.3 Å². The molecule has 0 saturated heterocycles. The Labute approximate surface area is 152 Å². The number of hydrogen-bond donors (Lipinski definition) is 0. The van der Waals surface area contributed by atoms with Gasteiger partial charge in [-0.15, -0.1) is 0 Å². The molecule has 26 heavy (non-hydrogen) atoms. The van der Waals surface area contributed by atoms with Gasteiger partial charge in [-0.2, -0.15) is 0 Å². The van der Waals surface area contributed by atoms with Crippen molar-refractivity contribution < 1.29 is 9.18 Å². The fourth-order valence-electron chi connectivity index (χ4n) is 3.05. The van der Waals surface area contributed by atoms with E-state index in [0.717, 1.165) is 18.1 Å². The molecule has 0 unspecified atom stereocenters. The highest BCUT2D eigenvalue weighted by atomic mass is 19.1. The summed E-state index contributed by atoms with van der Waals surface area (Å²) < 4.78 is 15.9. The van der Waals surface area contributed by atoms with E-state index in [2.05, 4.69) is 9.88 Å². The lowest BCUT2D eigenvalue weighted by Crippen LogP contribution is -2.25. The van der Waals surface area contributed by atoms with Gasteiger partial charge in [0.25, 0.3) is 5.91 Å². The van der Waals surface area contributed by atoms with Crippen molar-refractivity contribution in [2.75, 3.05) is 25.5 Å². The van der Waals surface area contributed by atoms with Gasteiger partial charge < -0.3 is 14.4 Å². The van der Waals surface area contributed by atoms with Crippen molar-refractivity contribution in [1.29, 1.82) is 0 Å². The Morgan fingerprint density at radius 3 is 2.42 bits per heavy atom. The molecule has 6 heteroatoms. The number of anilines is 1. The summed E-state index contributed by atoms with van der Waals surface area (Å²) in [5, 5.41) is 0. The van der Waals surface area contributed by atoms with Crippen LogP contribution in [0, 0.1) is 5.82 Å². The number of amides is 1. The van der Waals surface area contributed by atoms with E-state index in [-0.39, 0.29) is 11.7 Å². The van der Waals surface area contributed by atoms with Crippen molar-refractivity contribution in [1.82, 2.24) is 14.5 Å². The maximum absolute atomic E-state index is 14.1. The molecule has 5 nitrogen and oxygen atoms in total. The Morgan fingerprint density at radius 1 is 1.15 bits per heavy atom. The molecule has 0 aliphatic rings. The van der Waals surface area contributed by atoms with Crippen molar-refractivity contribution in [3.8, 4) is 0 Å². The minimum atomic E-state index is -0.272. The number of nitrogens with zero attached hydrogens (tertiary/aromatic N) is 4. The number of benzene rings is 2. The van der Waals surface area contributed by atoms with Crippen LogP contribution < -0.4 is 4.90 Å². The van der Waals surface area contributed by atoms with Crippen LogP contribution in [0.25, 0.3) is 11.0 Å². The van der Waals surface area contributed by atoms with E-state index in [1.807, 2.05) is 44.3 Å². The third-order valence-corrected chi connectivity index (χ3v) is 4.47. The maximum Gasteiger partial charge on any atom is 0.253 e. The highest BCUT2D eigenvalue weighted by molar-refractivity contribution is 5.93. The van der Waals surface area contributed by atoms with Crippen LogP contribution in [0.1, 0.15) is 22.8 Å². The van der Waals surface area contributed by atoms with Crippen LogP contribution in [0.15, 0.2) is 42.5 Å². The van der Waals surface area contributed by atoms with E-state index >= 15 is 0 Å². The van der Waals surface area contributed by atoms with Gasteiger partial charge in [0.15, 0.2) is 0 Å². The first-order valence-corrected chi connectivity index (χ1v) is 8.58. The van der Waals surface area contributed by atoms with Crippen LogP contribution in [-0.4, -0.2) is 41.0 Å². The Hall–Kier alpha value is -2.89. The third kappa shape index (κ3) is 3.27. The monoisotopic (exact) mass is 354 g/mol. The summed E-state index contributed by atoms with van der Waals surface area (Å²) in [6, 6.07) is 12.5. The smallest absolute Gasteiger partial charge is 0.253 e. The van der Waals surface area contributed by atoms with E-state index < -0.39 is 0 Å². The van der Waals surface area contributed by atoms with Gasteiger partial charge in [-0.05, 0) is 36.8 Å². The predicted molar refractivity (Wildman–Crippen MR) is 102 cm³/mol. The number of rotatable bonds is 5. The summed E-state index contributed by atoms with van der Waals surface area (Å²) in [5.41, 5.74) is 2.88. The molecule has 0 saturated carbocycles. The van der Waals surface area contributed by atoms with Gasteiger partial charge in [0.05, 0.1) is 5.52 Å². The summed E-state index contributed by atoms with van der Waals surface area (Å²) >= 11 is 0. The fourth-order valence-corrected chi connectivity index (χ4v) is 3.05. The van der Waals surface area contributed by atoms with Crippen LogP contribution in [0.2, 0.25) is 0 Å². The van der Waals surface area contributed by atoms with Gasteiger partial charge in [-0.25, -0.2) is 9.37 Å². The van der Waals surface area contributed by atoms with Gasteiger partial charge in [-0.3, -0.25) is 4.79 Å². The number of hydrogen-bond acceptors (Lipinski definition) is 3. The average molecular weight is 354 g/mol. The van der Waals surface area contributed by atoms with E-state index in [1.165, 1.54) is 6.07 Å². The normalized spacial score (nSPS) is 11.0. The van der Waals surface area contributed by atoms with Crippen LogP contribution in [-0.2, 0) is 13.6 Å². The zero-order valence-corrected chi connectivity index (χ0v) is 15.5. The molecule has 1 amide bonds. The summed E-state index contributed by atoms with van der Waals surface area (Å²) in [6.45, 7) is 3.41. The van der Waals surface area contributed by atoms with Gasteiger partial charge in [-0.1, -0.05) is 18.2 Å². The Bertz CT molecular complexity index is 931. The first-order valence-electron chi connectivity index (χ1n) is 8.58. The summed E-state index contributed by atoms with van der Waals surface area (Å²) in [7, 11) is 5.30. The van der Waals surface area contributed by atoms with Crippen LogP contribution in [0.5, 0.6) is 0 Å². The Morgan fingerprint density at radius 2 is 1.85 bits per heavy atom. The first-order chi connectivity index (χ1) is 12.4. The molecule has 0 spiro atoms. The van der Waals surface area contributed by atoms with Gasteiger partial charge in [0, 0.05) is 39.8 Å². The van der Waals surface area contributed by atoms with E-state index in [4.69, 9.17) is 0 Å². The molecule has 0 atom stereocenters. The van der Waals surface area contributed by atoms with Crippen molar-refractivity contribution >= 4 is 22.9 Å². The molecule has 0 fully saturated rings. The molecule has 2 aromatic carbocycles. The minimum Gasteiger partial charge on any atom is -0.345 e. The topological polar surface area (TPSA) is 41.4 Å². The van der Waals surface area contributed by atoms with E-state index in [9.17, 15) is 9.18 Å². The lowest BCUT2D eigenvalue weighted by molar-refractivity contribution is 0.0827. The quantitative estimate of drug-likeness (QED) is 0.705. The number of imidazole rings is 1. The van der Waals surface area contributed by atoms with Crippen LogP contribution >= 0.6 is 0 Å². The molecule has 0 radical (unpaired) electrons. The molecular formula is C20H23FN4O. The highest BCUT2D eigenvalue weighted by Crippen LogP contribution is 2.24. The standard InChI is InChI=1S/C20H23FN4O/c1-5-25(13-14-9-11-15(12-10-14)19(26)23(2)3)20-22-17-8-6-7-16(21)18(17)24(20)4/h6-12H,5,13H2,1-4H3. The van der Waals surface area contributed by atoms with Crippen molar-refractivity contribution in [3.05, 3.63) is 59.4 Å². The maximum atomic E-state index is 14.1. The number of halogens is 1. The molecule has 1 heterocycles. The van der Waals surface area contributed by atoms with Crippen molar-refractivity contribution in [2.24, 2.45) is 7.05 Å². The number of aromatic nitrogens is 2. The van der Waals surface area contributed by atoms with Crippen molar-refractivity contribution in [2.45, 2.75) is 13.5 Å². The Balaban J connectivity index is 1.87. The summed E-state index contributed by atoms with van der Waals surface area (Å²) in [4.78, 5) is 20.2. The number of carbonyl (C=O) groups excluding carboxylic acids is 1. The lowest BCUT2D eigenvalue weighted by atomic mass is 10.1. The summed E-state index contributed by atoms with van der Waals surface area (Å²) in [6.07, 6.45) is 0. The molecular weight excluding hydrogens is 331 g/mol. The zero-order chi connectivity index (χ0) is 18.8. The highest BCUT2D eigenvalue weighted by Gasteiger charge is 2.17. The first kappa shape index (κ1) is 17.9. The summed E-state index contributed by atoms with van der Waals surface area (Å²) in [5.74, 6) is 0.433. The molecule has 3 aromatic rings. The SMILES string of the molecule is CCN(Cc1ccc(C(=O)N(C)C)cc1)c1nc2cccc(F)c2n1C. The zero-order valence-electron chi connectivity index (χ0n) is 15.5. The molecule has 136 valence electrons. The number of para-hydroxylation sites is 1.